The van der Waals surface area contributed by atoms with Crippen molar-refractivity contribution in [3.05, 3.63) is 121 Å². The molecule has 2 aromatic heterocycles. The van der Waals surface area contributed by atoms with Gasteiger partial charge >= 0.3 is 7.48 Å². The van der Waals surface area contributed by atoms with Gasteiger partial charge in [-0.3, -0.25) is 0 Å². The van der Waals surface area contributed by atoms with Crippen LogP contribution < -0.4 is 5.46 Å². The summed E-state index contributed by atoms with van der Waals surface area (Å²) < 4.78 is 8.35. The molecule has 167 valence electrons. The van der Waals surface area contributed by atoms with Crippen molar-refractivity contribution < 1.29 is 9.44 Å². The highest BCUT2D eigenvalue weighted by molar-refractivity contribution is 6.50. The molecule has 35 heavy (non-hydrogen) atoms. The lowest BCUT2D eigenvalue weighted by Gasteiger charge is -2.08. The van der Waals surface area contributed by atoms with E-state index in [4.69, 9.17) is 4.42 Å². The van der Waals surface area contributed by atoms with Crippen LogP contribution in [0.5, 0.6) is 0 Å². The van der Waals surface area contributed by atoms with Crippen LogP contribution in [0, 0.1) is 6.92 Å². The smallest absolute Gasteiger partial charge is 0.327 e. The van der Waals surface area contributed by atoms with E-state index in [1.54, 1.807) is 0 Å². The van der Waals surface area contributed by atoms with Crippen LogP contribution in [0.4, 0.5) is 0 Å². The zero-order chi connectivity index (χ0) is 23.9. The van der Waals surface area contributed by atoms with Gasteiger partial charge in [0.05, 0.1) is 11.0 Å². The molecule has 1 radical (unpaired) electrons. The zero-order valence-electron chi connectivity index (χ0n) is 19.4. The van der Waals surface area contributed by atoms with E-state index in [9.17, 15) is 5.02 Å². The summed E-state index contributed by atoms with van der Waals surface area (Å²) in [6.07, 6.45) is 3.95. The van der Waals surface area contributed by atoms with Crippen LogP contribution in [0.15, 0.2) is 108 Å². The largest absolute Gasteiger partial charge is 0.456 e. The maximum Gasteiger partial charge on any atom is 0.327 e. The molecule has 6 rings (SSSR count). The lowest BCUT2D eigenvalue weighted by atomic mass is 9.84. The molecular formula is C31H23BNO2. The average Bonchev–Trinajstić information content (AvgIpc) is 3.41. The van der Waals surface area contributed by atoms with Crippen LogP contribution in [-0.2, 0) is 0 Å². The summed E-state index contributed by atoms with van der Waals surface area (Å²) in [6, 6.07) is 31.1. The fourth-order valence-electron chi connectivity index (χ4n) is 4.92. The Morgan fingerprint density at radius 2 is 1.66 bits per heavy atom. The molecule has 0 saturated heterocycles. The normalized spacial score (nSPS) is 11.7. The predicted molar refractivity (Wildman–Crippen MR) is 147 cm³/mol. The summed E-state index contributed by atoms with van der Waals surface area (Å²) in [7, 11) is 1.12. The predicted octanol–water partition coefficient (Wildman–Crippen LogP) is 6.80. The van der Waals surface area contributed by atoms with Crippen molar-refractivity contribution in [3.63, 3.8) is 0 Å². The molecule has 4 heteroatoms. The molecule has 0 unspecified atom stereocenters. The average molecular weight is 452 g/mol. The Morgan fingerprint density at radius 3 is 2.49 bits per heavy atom. The van der Waals surface area contributed by atoms with Crippen molar-refractivity contribution in [2.24, 2.45) is 0 Å². The van der Waals surface area contributed by atoms with Crippen molar-refractivity contribution in [2.45, 2.75) is 6.92 Å². The summed E-state index contributed by atoms with van der Waals surface area (Å²) >= 11 is 0. The van der Waals surface area contributed by atoms with Gasteiger partial charge in [-0.15, -0.1) is 0 Å². The van der Waals surface area contributed by atoms with Gasteiger partial charge in [-0.05, 0) is 66.0 Å². The number of aromatic nitrogens is 1. The first-order chi connectivity index (χ1) is 17.2. The van der Waals surface area contributed by atoms with Gasteiger partial charge in [0.25, 0.3) is 0 Å². The number of rotatable bonds is 5. The van der Waals surface area contributed by atoms with Crippen molar-refractivity contribution in [1.82, 2.24) is 4.57 Å². The van der Waals surface area contributed by atoms with Gasteiger partial charge in [0.15, 0.2) is 0 Å². The summed E-state index contributed by atoms with van der Waals surface area (Å²) in [6.45, 7) is 6.33. The number of hydrogen-bond donors (Lipinski definition) is 1. The van der Waals surface area contributed by atoms with Crippen molar-refractivity contribution >= 4 is 57.4 Å². The van der Waals surface area contributed by atoms with E-state index in [1.807, 2.05) is 43.3 Å². The summed E-state index contributed by atoms with van der Waals surface area (Å²) in [5, 5.41) is 12.9. The number of para-hydroxylation sites is 2. The summed E-state index contributed by atoms with van der Waals surface area (Å²) in [4.78, 5) is 0. The Morgan fingerprint density at radius 1 is 0.886 bits per heavy atom. The molecule has 6 aromatic rings. The highest BCUT2D eigenvalue weighted by atomic mass is 16.3. The van der Waals surface area contributed by atoms with Crippen LogP contribution >= 0.6 is 0 Å². The Bertz CT molecular complexity index is 1760. The molecule has 0 saturated carbocycles. The highest BCUT2D eigenvalue weighted by Gasteiger charge is 2.14. The van der Waals surface area contributed by atoms with Gasteiger partial charge in [0, 0.05) is 27.4 Å². The molecule has 0 fully saturated rings. The van der Waals surface area contributed by atoms with Crippen molar-refractivity contribution in [3.8, 4) is 5.69 Å². The number of furan rings is 1. The lowest BCUT2D eigenvalue weighted by molar-refractivity contribution is 0.601. The SMILES string of the molecule is C=C(/C=C\c1oc2cccc([B]O)c2c1C)c1ccc2c(c1)c1ccccc1n2-c1ccccc1. The molecule has 0 atom stereocenters. The minimum absolute atomic E-state index is 0.752. The molecule has 4 aromatic carbocycles. The molecule has 2 heterocycles. The molecule has 0 bridgehead atoms. The molecule has 0 spiro atoms. The van der Waals surface area contributed by atoms with E-state index >= 15 is 0 Å². The molecule has 1 N–H and O–H groups in total. The van der Waals surface area contributed by atoms with Gasteiger partial charge < -0.3 is 14.0 Å². The third-order valence-corrected chi connectivity index (χ3v) is 6.66. The number of allylic oxidation sites excluding steroid dienone is 2. The number of benzene rings is 4. The molecular weight excluding hydrogens is 429 g/mol. The first-order valence-corrected chi connectivity index (χ1v) is 11.6. The van der Waals surface area contributed by atoms with Gasteiger partial charge in [0.2, 0.25) is 0 Å². The first kappa shape index (κ1) is 21.3. The van der Waals surface area contributed by atoms with Crippen LogP contribution in [0.3, 0.4) is 0 Å². The topological polar surface area (TPSA) is 38.3 Å². The quantitative estimate of drug-likeness (QED) is 0.231. The second-order valence-corrected chi connectivity index (χ2v) is 8.72. The fourth-order valence-corrected chi connectivity index (χ4v) is 4.92. The highest BCUT2D eigenvalue weighted by Crippen LogP contribution is 2.34. The molecule has 0 amide bonds. The van der Waals surface area contributed by atoms with E-state index in [-0.39, 0.29) is 0 Å². The van der Waals surface area contributed by atoms with Gasteiger partial charge in [-0.2, -0.15) is 0 Å². The standard InChI is InChI=1S/C31H23BNO2/c1-20(15-18-29-21(2)31-26(32-34)12-8-14-30(31)35-29)22-16-17-28-25(19-22)24-11-6-7-13-27(24)33(28)23-9-4-3-5-10-23/h3-19,34H,1H2,2H3/b18-15-. The maximum atomic E-state index is 9.57. The summed E-state index contributed by atoms with van der Waals surface area (Å²) in [5.74, 6) is 0.761. The maximum absolute atomic E-state index is 9.57. The molecule has 0 aliphatic rings. The number of nitrogens with zero attached hydrogens (tertiary/aromatic N) is 1. The van der Waals surface area contributed by atoms with Crippen LogP contribution in [-0.4, -0.2) is 17.1 Å². The number of aryl methyl sites for hydroxylation is 1. The zero-order valence-corrected chi connectivity index (χ0v) is 19.4. The third-order valence-electron chi connectivity index (χ3n) is 6.66. The monoisotopic (exact) mass is 452 g/mol. The van der Waals surface area contributed by atoms with E-state index in [0.29, 0.717) is 0 Å². The second-order valence-electron chi connectivity index (χ2n) is 8.72. The number of hydrogen-bond acceptors (Lipinski definition) is 2. The Balaban J connectivity index is 1.42. The molecule has 0 aliphatic carbocycles. The van der Waals surface area contributed by atoms with Gasteiger partial charge in [-0.25, -0.2) is 0 Å². The first-order valence-electron chi connectivity index (χ1n) is 11.6. The van der Waals surface area contributed by atoms with Crippen molar-refractivity contribution in [1.29, 1.82) is 0 Å². The minimum Gasteiger partial charge on any atom is -0.456 e. The number of fused-ring (bicyclic) bond motifs is 4. The van der Waals surface area contributed by atoms with E-state index in [0.717, 1.165) is 52.1 Å². The second kappa shape index (κ2) is 8.50. The summed E-state index contributed by atoms with van der Waals surface area (Å²) in [5.41, 5.74) is 7.95. The lowest BCUT2D eigenvalue weighted by Crippen LogP contribution is -2.13. The van der Waals surface area contributed by atoms with E-state index in [1.165, 1.54) is 21.8 Å². The Kier molecular flexibility index (Phi) is 5.16. The molecule has 0 aliphatic heterocycles. The molecule has 3 nitrogen and oxygen atoms in total. The van der Waals surface area contributed by atoms with E-state index in [2.05, 4.69) is 77.9 Å². The Hall–Kier alpha value is -4.28. The van der Waals surface area contributed by atoms with Crippen LogP contribution in [0.25, 0.3) is 50.1 Å². The van der Waals surface area contributed by atoms with E-state index < -0.39 is 0 Å². The van der Waals surface area contributed by atoms with Gasteiger partial charge in [-0.1, -0.05) is 67.3 Å². The minimum atomic E-state index is 0.752. The van der Waals surface area contributed by atoms with Crippen LogP contribution in [0.2, 0.25) is 0 Å². The van der Waals surface area contributed by atoms with Gasteiger partial charge in [0.1, 0.15) is 11.3 Å². The third kappa shape index (κ3) is 3.51. The van der Waals surface area contributed by atoms with Crippen LogP contribution in [0.1, 0.15) is 16.9 Å². The Labute approximate surface area is 204 Å². The fraction of sp³-hybridized carbons (Fsp3) is 0.0323. The van der Waals surface area contributed by atoms with Crippen molar-refractivity contribution in [2.75, 3.05) is 0 Å².